The first-order chi connectivity index (χ1) is 11.9. The molecule has 0 unspecified atom stereocenters. The minimum absolute atomic E-state index is 0.750. The van der Waals surface area contributed by atoms with Crippen LogP contribution in [0.1, 0.15) is 78.7 Å². The molecule has 0 bridgehead atoms. The van der Waals surface area contributed by atoms with Crippen LogP contribution in [0.4, 0.5) is 0 Å². The van der Waals surface area contributed by atoms with Gasteiger partial charge in [-0.2, -0.15) is 0 Å². The number of allylic oxidation sites excluding steroid dienone is 4. The molecule has 1 aromatic carbocycles. The summed E-state index contributed by atoms with van der Waals surface area (Å²) in [5.41, 5.74) is 3.03. The highest BCUT2D eigenvalue weighted by molar-refractivity contribution is 5.44. The van der Waals surface area contributed by atoms with Crippen molar-refractivity contribution in [2.75, 3.05) is 0 Å². The molecule has 0 heterocycles. The number of rotatable bonds is 6. The quantitative estimate of drug-likeness (QED) is 0.394. The fourth-order valence-corrected chi connectivity index (χ4v) is 2.33. The molecule has 0 saturated carbocycles. The van der Waals surface area contributed by atoms with E-state index in [1.165, 1.54) is 57.4 Å². The minimum atomic E-state index is 0.750. The van der Waals surface area contributed by atoms with Gasteiger partial charge in [-0.3, -0.25) is 0 Å². The number of carbonyl (C=O) groups is 1. The predicted octanol–water partition coefficient (Wildman–Crippen LogP) is 7.32. The van der Waals surface area contributed by atoms with E-state index >= 15 is 0 Å². The van der Waals surface area contributed by atoms with Gasteiger partial charge in [0, 0.05) is 0 Å². The van der Waals surface area contributed by atoms with Crippen molar-refractivity contribution in [2.24, 2.45) is 0 Å². The number of benzene rings is 1. The maximum atomic E-state index is 8.81. The average Bonchev–Trinajstić information content (AvgIpc) is 2.67. The zero-order valence-corrected chi connectivity index (χ0v) is 16.6. The number of carbonyl (C=O) groups excluding carboxylic acids is 1. The van der Waals surface area contributed by atoms with E-state index in [0.29, 0.717) is 0 Å². The molecule has 2 rings (SSSR count). The lowest BCUT2D eigenvalue weighted by molar-refractivity contribution is -0.106. The van der Waals surface area contributed by atoms with Crippen LogP contribution in [0.3, 0.4) is 0 Å². The first-order valence-corrected chi connectivity index (χ1v) is 9.66. The molecule has 0 saturated heterocycles. The SMILES string of the molecule is C1=CC(CCCCCc2ccccc2)=CCC1.CC.CC.CC=O. The molecular weight excluding hydrogens is 292 g/mol. The van der Waals surface area contributed by atoms with Crippen LogP contribution >= 0.6 is 0 Å². The lowest BCUT2D eigenvalue weighted by Gasteiger charge is -2.06. The van der Waals surface area contributed by atoms with E-state index in [1.54, 1.807) is 5.57 Å². The van der Waals surface area contributed by atoms with Gasteiger partial charge in [0.2, 0.25) is 0 Å². The third kappa shape index (κ3) is 15.3. The third-order valence-electron chi connectivity index (χ3n) is 3.35. The van der Waals surface area contributed by atoms with E-state index in [4.69, 9.17) is 4.79 Å². The summed E-state index contributed by atoms with van der Waals surface area (Å²) in [5.74, 6) is 0. The summed E-state index contributed by atoms with van der Waals surface area (Å²) in [4.78, 5) is 8.81. The highest BCUT2D eigenvalue weighted by Crippen LogP contribution is 2.17. The Balaban J connectivity index is 0. The van der Waals surface area contributed by atoms with Crippen molar-refractivity contribution in [1.82, 2.24) is 0 Å². The second-order valence-corrected chi connectivity index (χ2v) is 5.04. The molecule has 24 heavy (non-hydrogen) atoms. The molecule has 1 aliphatic carbocycles. The molecular formula is C23H38O. The predicted molar refractivity (Wildman–Crippen MR) is 110 cm³/mol. The van der Waals surface area contributed by atoms with Crippen LogP contribution in [-0.2, 0) is 11.2 Å². The van der Waals surface area contributed by atoms with Gasteiger partial charge in [-0.15, -0.1) is 0 Å². The number of hydrogen-bond donors (Lipinski definition) is 0. The zero-order chi connectivity index (χ0) is 18.5. The van der Waals surface area contributed by atoms with Crippen LogP contribution in [0, 0.1) is 0 Å². The van der Waals surface area contributed by atoms with E-state index in [2.05, 4.69) is 48.6 Å². The lowest BCUT2D eigenvalue weighted by Crippen LogP contribution is -1.88. The standard InChI is InChI=1S/C17H22.C2H4O.2C2H6/c1-4-10-16(11-5-1)14-8-3-9-15-17-12-6-2-7-13-17;1-2-3;2*1-2/h1,4-6,10-13H,2-3,7-9,14-15H2;2H,1H3;2*1-2H3. The summed E-state index contributed by atoms with van der Waals surface area (Å²) >= 11 is 0. The van der Waals surface area contributed by atoms with Gasteiger partial charge in [0.05, 0.1) is 0 Å². The first kappa shape index (κ1) is 24.6. The molecule has 1 nitrogen and oxygen atoms in total. The molecule has 1 heteroatoms. The summed E-state index contributed by atoms with van der Waals surface area (Å²) in [6, 6.07) is 10.8. The maximum absolute atomic E-state index is 8.81. The number of hydrogen-bond acceptors (Lipinski definition) is 1. The Kier molecular flexibility index (Phi) is 21.9. The second-order valence-electron chi connectivity index (χ2n) is 5.04. The fourth-order valence-electron chi connectivity index (χ4n) is 2.33. The Bertz CT molecular complexity index is 415. The Morgan fingerprint density at radius 1 is 0.875 bits per heavy atom. The van der Waals surface area contributed by atoms with Gasteiger partial charge in [0.25, 0.3) is 0 Å². The number of aryl methyl sites for hydroxylation is 1. The molecule has 1 aliphatic rings. The molecule has 0 spiro atoms. The molecule has 136 valence electrons. The monoisotopic (exact) mass is 330 g/mol. The Labute approximate surface area is 150 Å². The molecule has 0 fully saturated rings. The van der Waals surface area contributed by atoms with Crippen LogP contribution < -0.4 is 0 Å². The molecule has 0 atom stereocenters. The second kappa shape index (κ2) is 21.4. The summed E-state index contributed by atoms with van der Waals surface area (Å²) in [6.45, 7) is 9.44. The van der Waals surface area contributed by atoms with Gasteiger partial charge in [-0.25, -0.2) is 0 Å². The normalized spacial score (nSPS) is 11.5. The molecule has 1 aromatic rings. The summed E-state index contributed by atoms with van der Waals surface area (Å²) in [5, 5.41) is 0. The van der Waals surface area contributed by atoms with Crippen LogP contribution in [0.25, 0.3) is 0 Å². The molecule has 0 aliphatic heterocycles. The van der Waals surface area contributed by atoms with Crippen molar-refractivity contribution < 1.29 is 4.79 Å². The minimum Gasteiger partial charge on any atom is -0.304 e. The topological polar surface area (TPSA) is 17.1 Å². The maximum Gasteiger partial charge on any atom is 0.116 e. The molecule has 0 amide bonds. The van der Waals surface area contributed by atoms with Crippen molar-refractivity contribution in [3.05, 3.63) is 59.7 Å². The molecule has 0 radical (unpaired) electrons. The average molecular weight is 331 g/mol. The summed E-state index contributed by atoms with van der Waals surface area (Å²) in [7, 11) is 0. The van der Waals surface area contributed by atoms with Gasteiger partial charge in [0.1, 0.15) is 6.29 Å². The van der Waals surface area contributed by atoms with Crippen LogP contribution in [-0.4, -0.2) is 6.29 Å². The van der Waals surface area contributed by atoms with E-state index in [-0.39, 0.29) is 0 Å². The first-order valence-electron chi connectivity index (χ1n) is 9.66. The van der Waals surface area contributed by atoms with Crippen molar-refractivity contribution >= 4 is 6.29 Å². The van der Waals surface area contributed by atoms with Gasteiger partial charge in [-0.1, -0.05) is 88.2 Å². The highest BCUT2D eigenvalue weighted by atomic mass is 16.1. The van der Waals surface area contributed by atoms with Gasteiger partial charge in [0.15, 0.2) is 0 Å². The number of aldehydes is 1. The smallest absolute Gasteiger partial charge is 0.116 e. The van der Waals surface area contributed by atoms with Crippen molar-refractivity contribution in [1.29, 1.82) is 0 Å². The largest absolute Gasteiger partial charge is 0.304 e. The van der Waals surface area contributed by atoms with Crippen molar-refractivity contribution in [3.63, 3.8) is 0 Å². The van der Waals surface area contributed by atoms with E-state index in [0.717, 1.165) is 6.29 Å². The van der Waals surface area contributed by atoms with Gasteiger partial charge in [-0.05, 0) is 51.0 Å². The van der Waals surface area contributed by atoms with Crippen LogP contribution in [0.2, 0.25) is 0 Å². The molecule has 0 N–H and O–H groups in total. The molecule has 0 aromatic heterocycles. The van der Waals surface area contributed by atoms with Crippen molar-refractivity contribution in [3.8, 4) is 0 Å². The van der Waals surface area contributed by atoms with Crippen LogP contribution in [0.5, 0.6) is 0 Å². The number of unbranched alkanes of at least 4 members (excludes halogenated alkanes) is 2. The summed E-state index contributed by atoms with van der Waals surface area (Å²) < 4.78 is 0. The third-order valence-corrected chi connectivity index (χ3v) is 3.35. The van der Waals surface area contributed by atoms with E-state index < -0.39 is 0 Å². The fraction of sp³-hybridized carbons (Fsp3) is 0.522. The van der Waals surface area contributed by atoms with Crippen molar-refractivity contribution in [2.45, 2.75) is 79.6 Å². The van der Waals surface area contributed by atoms with Crippen LogP contribution in [0.15, 0.2) is 54.1 Å². The Hall–Kier alpha value is -1.63. The lowest BCUT2D eigenvalue weighted by atomic mass is 10.00. The highest BCUT2D eigenvalue weighted by Gasteiger charge is 1.98. The summed E-state index contributed by atoms with van der Waals surface area (Å²) in [6.07, 6.45) is 16.7. The Morgan fingerprint density at radius 2 is 1.46 bits per heavy atom. The Morgan fingerprint density at radius 3 is 2.00 bits per heavy atom. The van der Waals surface area contributed by atoms with Gasteiger partial charge >= 0.3 is 0 Å². The van der Waals surface area contributed by atoms with Gasteiger partial charge < -0.3 is 4.79 Å². The van der Waals surface area contributed by atoms with E-state index in [9.17, 15) is 0 Å². The zero-order valence-electron chi connectivity index (χ0n) is 16.6. The van der Waals surface area contributed by atoms with E-state index in [1.807, 2.05) is 27.7 Å².